The van der Waals surface area contributed by atoms with Gasteiger partial charge in [-0.1, -0.05) is 42.5 Å². The van der Waals surface area contributed by atoms with Gasteiger partial charge >= 0.3 is 6.09 Å². The van der Waals surface area contributed by atoms with Gasteiger partial charge in [0, 0.05) is 12.1 Å². The van der Waals surface area contributed by atoms with Crippen LogP contribution in [0.3, 0.4) is 0 Å². The average Bonchev–Trinajstić information content (AvgIpc) is 2.70. The summed E-state index contributed by atoms with van der Waals surface area (Å²) >= 11 is 0. The molecule has 0 spiro atoms. The highest BCUT2D eigenvalue weighted by Crippen LogP contribution is 2.31. The van der Waals surface area contributed by atoms with Gasteiger partial charge in [-0.25, -0.2) is 4.79 Å². The molecule has 0 saturated heterocycles. The predicted molar refractivity (Wildman–Crippen MR) is 109 cm³/mol. The molecule has 0 aliphatic rings. The van der Waals surface area contributed by atoms with E-state index in [4.69, 9.17) is 9.47 Å². The van der Waals surface area contributed by atoms with Gasteiger partial charge in [-0.05, 0) is 36.6 Å². The molecular weight excluding hydrogens is 372 g/mol. The van der Waals surface area contributed by atoms with Crippen LogP contribution in [0, 0.1) is 24.0 Å². The number of nitro groups is 1. The summed E-state index contributed by atoms with van der Waals surface area (Å²) in [5, 5.41) is 13.8. The fourth-order valence-corrected chi connectivity index (χ4v) is 2.64. The number of nitrogens with zero attached hydrogens (tertiary/aromatic N) is 1. The smallest absolute Gasteiger partial charge is 0.411 e. The Kier molecular flexibility index (Phi) is 6.09. The Morgan fingerprint density at radius 1 is 1.03 bits per heavy atom. The number of nitro benzene ring substituents is 1. The molecule has 3 aromatic carbocycles. The topological polar surface area (TPSA) is 90.7 Å². The maximum atomic E-state index is 12.1. The molecule has 7 heteroatoms. The van der Waals surface area contributed by atoms with E-state index in [0.29, 0.717) is 5.75 Å². The first kappa shape index (κ1) is 19.9. The van der Waals surface area contributed by atoms with E-state index in [1.165, 1.54) is 18.2 Å². The van der Waals surface area contributed by atoms with Crippen LogP contribution >= 0.6 is 0 Å². The molecule has 1 N–H and O–H groups in total. The summed E-state index contributed by atoms with van der Waals surface area (Å²) in [7, 11) is 0. The average molecular weight is 392 g/mol. The minimum absolute atomic E-state index is 0.0907. The summed E-state index contributed by atoms with van der Waals surface area (Å²) in [6, 6.07) is 19.0. The zero-order valence-electron chi connectivity index (χ0n) is 16.0. The number of carbonyl (C=O) groups is 1. The molecule has 0 atom stereocenters. The molecule has 7 nitrogen and oxygen atoms in total. The second-order valence-electron chi connectivity index (χ2n) is 6.53. The number of anilines is 1. The van der Waals surface area contributed by atoms with E-state index in [9.17, 15) is 14.9 Å². The van der Waals surface area contributed by atoms with Crippen LogP contribution in [0.15, 0.2) is 66.7 Å². The van der Waals surface area contributed by atoms with Crippen LogP contribution in [0.2, 0.25) is 0 Å². The first-order valence-corrected chi connectivity index (χ1v) is 8.93. The summed E-state index contributed by atoms with van der Waals surface area (Å²) in [5.41, 5.74) is 2.72. The van der Waals surface area contributed by atoms with Crippen LogP contribution in [-0.2, 0) is 11.3 Å². The highest BCUT2D eigenvalue weighted by atomic mass is 16.6. The number of hydrogen-bond acceptors (Lipinski definition) is 5. The van der Waals surface area contributed by atoms with Gasteiger partial charge in [-0.15, -0.1) is 0 Å². The number of nitrogens with one attached hydrogen (secondary N) is 1. The number of hydrogen-bond donors (Lipinski definition) is 1. The molecule has 148 valence electrons. The third-order valence-electron chi connectivity index (χ3n) is 4.13. The van der Waals surface area contributed by atoms with Crippen LogP contribution < -0.4 is 10.1 Å². The van der Waals surface area contributed by atoms with E-state index in [1.54, 1.807) is 0 Å². The molecule has 3 aromatic rings. The number of rotatable bonds is 6. The fourth-order valence-electron chi connectivity index (χ4n) is 2.64. The molecule has 0 aromatic heterocycles. The summed E-state index contributed by atoms with van der Waals surface area (Å²) in [5.74, 6) is 0.828. The van der Waals surface area contributed by atoms with Crippen molar-refractivity contribution in [1.29, 1.82) is 0 Å². The van der Waals surface area contributed by atoms with Crippen molar-refractivity contribution in [2.24, 2.45) is 0 Å². The van der Waals surface area contributed by atoms with Gasteiger partial charge in [0.2, 0.25) is 0 Å². The molecule has 1 amide bonds. The number of amides is 1. The molecule has 3 rings (SSSR count). The number of carbonyl (C=O) groups excluding carboxylic acids is 1. The lowest BCUT2D eigenvalue weighted by molar-refractivity contribution is -0.384. The minimum atomic E-state index is -0.716. The highest BCUT2D eigenvalue weighted by Gasteiger charge is 2.14. The van der Waals surface area contributed by atoms with E-state index in [0.717, 1.165) is 16.7 Å². The Bertz CT molecular complexity index is 1030. The minimum Gasteiger partial charge on any atom is -0.457 e. The third kappa shape index (κ3) is 5.55. The monoisotopic (exact) mass is 392 g/mol. The Morgan fingerprint density at radius 3 is 2.52 bits per heavy atom. The normalized spacial score (nSPS) is 10.3. The van der Waals surface area contributed by atoms with Gasteiger partial charge in [0.1, 0.15) is 18.1 Å². The van der Waals surface area contributed by atoms with Gasteiger partial charge in [0.05, 0.1) is 16.7 Å². The lowest BCUT2D eigenvalue weighted by atomic mass is 10.1. The predicted octanol–water partition coefficient (Wildman–Crippen LogP) is 5.75. The van der Waals surface area contributed by atoms with Crippen molar-refractivity contribution in [2.45, 2.75) is 20.5 Å². The SMILES string of the molecule is Cc1ccc(C)c(Oc2cc(NC(=O)OCc3ccccc3)cc([N+](=O)[O-])c2)c1. The van der Waals surface area contributed by atoms with Crippen molar-refractivity contribution in [2.75, 3.05) is 5.32 Å². The quantitative estimate of drug-likeness (QED) is 0.426. The van der Waals surface area contributed by atoms with Crippen LogP contribution in [0.25, 0.3) is 0 Å². The highest BCUT2D eigenvalue weighted by molar-refractivity contribution is 5.85. The summed E-state index contributed by atoms with van der Waals surface area (Å²) < 4.78 is 11.0. The first-order chi connectivity index (χ1) is 13.9. The summed E-state index contributed by atoms with van der Waals surface area (Å²) in [6.07, 6.45) is -0.716. The maximum absolute atomic E-state index is 12.1. The second kappa shape index (κ2) is 8.88. The molecule has 0 saturated carbocycles. The second-order valence-corrected chi connectivity index (χ2v) is 6.53. The molecule has 29 heavy (non-hydrogen) atoms. The number of ether oxygens (including phenoxy) is 2. The van der Waals surface area contributed by atoms with Crippen LogP contribution in [-0.4, -0.2) is 11.0 Å². The molecule has 0 aliphatic heterocycles. The van der Waals surface area contributed by atoms with Gasteiger partial charge in [-0.3, -0.25) is 15.4 Å². The summed E-state index contributed by atoms with van der Waals surface area (Å²) in [4.78, 5) is 22.8. The maximum Gasteiger partial charge on any atom is 0.411 e. The van der Waals surface area contributed by atoms with Gasteiger partial charge in [0.25, 0.3) is 5.69 Å². The molecular formula is C22H20N2O5. The largest absolute Gasteiger partial charge is 0.457 e. The fraction of sp³-hybridized carbons (Fsp3) is 0.136. The Labute approximate surface area is 168 Å². The van der Waals surface area contributed by atoms with Gasteiger partial charge < -0.3 is 9.47 Å². The van der Waals surface area contributed by atoms with Crippen molar-refractivity contribution in [3.63, 3.8) is 0 Å². The molecule has 0 bridgehead atoms. The zero-order valence-corrected chi connectivity index (χ0v) is 16.0. The number of aryl methyl sites for hydroxylation is 2. The number of benzene rings is 3. The van der Waals surface area contributed by atoms with Crippen LogP contribution in [0.5, 0.6) is 11.5 Å². The van der Waals surface area contributed by atoms with Crippen molar-refractivity contribution < 1.29 is 19.2 Å². The third-order valence-corrected chi connectivity index (χ3v) is 4.13. The van der Waals surface area contributed by atoms with E-state index >= 15 is 0 Å². The van der Waals surface area contributed by atoms with E-state index in [2.05, 4.69) is 5.32 Å². The molecule has 0 fully saturated rings. The molecule has 0 heterocycles. The standard InChI is InChI=1S/C22H20N2O5/c1-15-8-9-16(2)21(10-15)29-20-12-18(11-19(13-20)24(26)27)23-22(25)28-14-17-6-4-3-5-7-17/h3-13H,14H2,1-2H3,(H,23,25). The van der Waals surface area contributed by atoms with Crippen molar-refractivity contribution in [3.8, 4) is 11.5 Å². The van der Waals surface area contributed by atoms with Crippen molar-refractivity contribution >= 4 is 17.5 Å². The van der Waals surface area contributed by atoms with Crippen molar-refractivity contribution in [3.05, 3.63) is 93.5 Å². The Morgan fingerprint density at radius 2 is 1.79 bits per heavy atom. The van der Waals surface area contributed by atoms with E-state index in [1.807, 2.05) is 62.4 Å². The van der Waals surface area contributed by atoms with Crippen LogP contribution in [0.4, 0.5) is 16.2 Å². The lowest BCUT2D eigenvalue weighted by Gasteiger charge is -2.12. The first-order valence-electron chi connectivity index (χ1n) is 8.93. The lowest BCUT2D eigenvalue weighted by Crippen LogP contribution is -2.13. The molecule has 0 radical (unpaired) electrons. The van der Waals surface area contributed by atoms with E-state index in [-0.39, 0.29) is 23.7 Å². The number of non-ortho nitro benzene ring substituents is 1. The Balaban J connectivity index is 1.76. The van der Waals surface area contributed by atoms with E-state index < -0.39 is 11.0 Å². The van der Waals surface area contributed by atoms with Gasteiger partial charge in [-0.2, -0.15) is 0 Å². The molecule has 0 unspecified atom stereocenters. The Hall–Kier alpha value is -3.87. The zero-order chi connectivity index (χ0) is 20.8. The summed E-state index contributed by atoms with van der Waals surface area (Å²) in [6.45, 7) is 3.90. The van der Waals surface area contributed by atoms with Gasteiger partial charge in [0.15, 0.2) is 0 Å². The molecule has 0 aliphatic carbocycles. The van der Waals surface area contributed by atoms with Crippen LogP contribution in [0.1, 0.15) is 16.7 Å². The van der Waals surface area contributed by atoms with Crippen molar-refractivity contribution in [1.82, 2.24) is 0 Å².